The van der Waals surface area contributed by atoms with Crippen LogP contribution in [0.2, 0.25) is 0 Å². The van der Waals surface area contributed by atoms with Gasteiger partial charge in [-0.05, 0) is 43.2 Å². The topological polar surface area (TPSA) is 95.7 Å². The standard InChI is InChI=1S/C25H25N3O4S/c1-17-8-10-19(11-9-17)16-27(3)33(31,32)25-14-20(23(29)15-24(25)30)22-12-13-26-28(22)21-7-5-4-6-18(21)2/h4-15,29-30H,16H2,1-3H3. The molecule has 3 aromatic carbocycles. The van der Waals surface area contributed by atoms with E-state index in [0.29, 0.717) is 5.69 Å². The number of rotatable bonds is 6. The lowest BCUT2D eigenvalue weighted by atomic mass is 10.1. The Labute approximate surface area is 193 Å². The van der Waals surface area contributed by atoms with Gasteiger partial charge in [0, 0.05) is 25.2 Å². The number of hydrogen-bond acceptors (Lipinski definition) is 5. The summed E-state index contributed by atoms with van der Waals surface area (Å²) in [4.78, 5) is -0.289. The Kier molecular flexibility index (Phi) is 5.97. The molecule has 7 nitrogen and oxygen atoms in total. The van der Waals surface area contributed by atoms with Crippen molar-refractivity contribution in [1.82, 2.24) is 14.1 Å². The number of aromatic nitrogens is 2. The first-order valence-electron chi connectivity index (χ1n) is 10.4. The average Bonchev–Trinajstić information content (AvgIpc) is 3.24. The number of phenols is 2. The first-order valence-corrected chi connectivity index (χ1v) is 11.8. The molecule has 33 heavy (non-hydrogen) atoms. The molecule has 1 aromatic heterocycles. The summed E-state index contributed by atoms with van der Waals surface area (Å²) in [7, 11) is -2.59. The lowest BCUT2D eigenvalue weighted by Gasteiger charge is -2.19. The van der Waals surface area contributed by atoms with Crippen molar-refractivity contribution in [1.29, 1.82) is 0 Å². The fraction of sp³-hybridized carbons (Fsp3) is 0.160. The van der Waals surface area contributed by atoms with Gasteiger partial charge in [0.25, 0.3) is 0 Å². The molecule has 2 N–H and O–H groups in total. The molecule has 0 saturated heterocycles. The van der Waals surface area contributed by atoms with Crippen molar-refractivity contribution in [2.45, 2.75) is 25.3 Å². The molecule has 0 aliphatic carbocycles. The van der Waals surface area contributed by atoms with E-state index in [1.165, 1.54) is 17.4 Å². The van der Waals surface area contributed by atoms with Gasteiger partial charge in [0.2, 0.25) is 10.0 Å². The Hall–Kier alpha value is -3.62. The van der Waals surface area contributed by atoms with Crippen LogP contribution in [0.3, 0.4) is 0 Å². The average molecular weight is 464 g/mol. The Balaban J connectivity index is 1.77. The van der Waals surface area contributed by atoms with Crippen LogP contribution < -0.4 is 0 Å². The smallest absolute Gasteiger partial charge is 0.246 e. The molecule has 0 radical (unpaired) electrons. The Morgan fingerprint density at radius 2 is 1.64 bits per heavy atom. The van der Waals surface area contributed by atoms with E-state index in [1.54, 1.807) is 16.9 Å². The quantitative estimate of drug-likeness (QED) is 0.442. The molecule has 0 saturated carbocycles. The van der Waals surface area contributed by atoms with Crippen molar-refractivity contribution in [2.24, 2.45) is 0 Å². The Bertz CT molecular complexity index is 1410. The minimum Gasteiger partial charge on any atom is -0.507 e. The van der Waals surface area contributed by atoms with Crippen LogP contribution in [0.15, 0.2) is 77.8 Å². The van der Waals surface area contributed by atoms with Crippen molar-refractivity contribution >= 4 is 10.0 Å². The molecular formula is C25H25N3O4S. The highest BCUT2D eigenvalue weighted by Gasteiger charge is 2.27. The first-order chi connectivity index (χ1) is 15.7. The van der Waals surface area contributed by atoms with Crippen LogP contribution in [0.25, 0.3) is 16.9 Å². The maximum atomic E-state index is 13.3. The van der Waals surface area contributed by atoms with Crippen LogP contribution in [0.5, 0.6) is 11.5 Å². The molecule has 0 fully saturated rings. The second-order valence-corrected chi connectivity index (χ2v) is 10.0. The van der Waals surface area contributed by atoms with Gasteiger partial charge in [-0.2, -0.15) is 9.40 Å². The summed E-state index contributed by atoms with van der Waals surface area (Å²) >= 11 is 0. The van der Waals surface area contributed by atoms with Crippen LogP contribution >= 0.6 is 0 Å². The number of aryl methyl sites for hydroxylation is 2. The normalized spacial score (nSPS) is 11.8. The van der Waals surface area contributed by atoms with Crippen molar-refractivity contribution < 1.29 is 18.6 Å². The zero-order valence-electron chi connectivity index (χ0n) is 18.6. The fourth-order valence-corrected chi connectivity index (χ4v) is 4.92. The second-order valence-electron chi connectivity index (χ2n) is 8.00. The monoisotopic (exact) mass is 463 g/mol. The Morgan fingerprint density at radius 3 is 2.33 bits per heavy atom. The van der Waals surface area contributed by atoms with Gasteiger partial charge in [0.15, 0.2) is 0 Å². The van der Waals surface area contributed by atoms with Gasteiger partial charge in [-0.1, -0.05) is 48.0 Å². The molecule has 4 rings (SSSR count). The van der Waals surface area contributed by atoms with Crippen LogP contribution in [0.4, 0.5) is 0 Å². The van der Waals surface area contributed by atoms with Crippen LogP contribution in [0.1, 0.15) is 16.7 Å². The van der Waals surface area contributed by atoms with Crippen LogP contribution in [0, 0.1) is 13.8 Å². The van der Waals surface area contributed by atoms with E-state index >= 15 is 0 Å². The molecule has 0 bridgehead atoms. The van der Waals surface area contributed by atoms with E-state index in [1.807, 2.05) is 62.4 Å². The Morgan fingerprint density at radius 1 is 0.939 bits per heavy atom. The van der Waals surface area contributed by atoms with Gasteiger partial charge in [0.1, 0.15) is 16.4 Å². The molecule has 0 amide bonds. The summed E-state index contributed by atoms with van der Waals surface area (Å²) in [5, 5.41) is 25.4. The molecule has 0 spiro atoms. The fourth-order valence-electron chi connectivity index (χ4n) is 3.67. The summed E-state index contributed by atoms with van der Waals surface area (Å²) in [6.07, 6.45) is 1.58. The number of hydrogen-bond donors (Lipinski definition) is 2. The first kappa shape index (κ1) is 22.6. The lowest BCUT2D eigenvalue weighted by molar-refractivity contribution is 0.430. The second kappa shape index (κ2) is 8.73. The van der Waals surface area contributed by atoms with E-state index in [2.05, 4.69) is 5.10 Å². The molecule has 4 aromatic rings. The number of benzene rings is 3. The van der Waals surface area contributed by atoms with E-state index in [-0.39, 0.29) is 22.8 Å². The van der Waals surface area contributed by atoms with Crippen LogP contribution in [-0.2, 0) is 16.6 Å². The molecule has 0 aliphatic rings. The highest BCUT2D eigenvalue weighted by molar-refractivity contribution is 7.89. The molecular weight excluding hydrogens is 438 g/mol. The summed E-state index contributed by atoms with van der Waals surface area (Å²) in [5.74, 6) is -0.767. The number of phenolic OH excluding ortho intramolecular Hbond substituents is 2. The summed E-state index contributed by atoms with van der Waals surface area (Å²) < 4.78 is 29.5. The highest BCUT2D eigenvalue weighted by atomic mass is 32.2. The predicted molar refractivity (Wildman–Crippen MR) is 127 cm³/mol. The third-order valence-corrected chi connectivity index (χ3v) is 7.39. The molecule has 170 valence electrons. The van der Waals surface area contributed by atoms with Crippen molar-refractivity contribution in [3.8, 4) is 28.4 Å². The zero-order valence-corrected chi connectivity index (χ0v) is 19.4. The van der Waals surface area contributed by atoms with Gasteiger partial charge in [0.05, 0.1) is 17.6 Å². The zero-order chi connectivity index (χ0) is 23.8. The number of aromatic hydroxyl groups is 2. The summed E-state index contributed by atoms with van der Waals surface area (Å²) in [6, 6.07) is 19.2. The molecule has 0 aliphatic heterocycles. The number of sulfonamides is 1. The van der Waals surface area contributed by atoms with E-state index in [9.17, 15) is 18.6 Å². The van der Waals surface area contributed by atoms with Crippen molar-refractivity contribution in [2.75, 3.05) is 7.05 Å². The minimum absolute atomic E-state index is 0.138. The lowest BCUT2D eigenvalue weighted by Crippen LogP contribution is -2.26. The third-order valence-electron chi connectivity index (χ3n) is 5.55. The number of nitrogens with zero attached hydrogens (tertiary/aromatic N) is 3. The van der Waals surface area contributed by atoms with Crippen molar-refractivity contribution in [3.05, 3.63) is 89.6 Å². The third kappa shape index (κ3) is 4.35. The maximum absolute atomic E-state index is 13.3. The summed E-state index contributed by atoms with van der Waals surface area (Å²) in [5.41, 5.74) is 4.41. The van der Waals surface area contributed by atoms with E-state index in [0.717, 1.165) is 28.4 Å². The van der Waals surface area contributed by atoms with E-state index < -0.39 is 15.8 Å². The molecule has 0 atom stereocenters. The largest absolute Gasteiger partial charge is 0.507 e. The van der Waals surface area contributed by atoms with E-state index in [4.69, 9.17) is 0 Å². The van der Waals surface area contributed by atoms with Gasteiger partial charge in [-0.15, -0.1) is 0 Å². The molecule has 0 unspecified atom stereocenters. The van der Waals surface area contributed by atoms with Crippen LogP contribution in [-0.4, -0.2) is 39.8 Å². The van der Waals surface area contributed by atoms with Gasteiger partial charge >= 0.3 is 0 Å². The highest BCUT2D eigenvalue weighted by Crippen LogP contribution is 2.38. The predicted octanol–water partition coefficient (Wildman–Crippen LogP) is 4.39. The maximum Gasteiger partial charge on any atom is 0.246 e. The van der Waals surface area contributed by atoms with Gasteiger partial charge < -0.3 is 10.2 Å². The number of para-hydroxylation sites is 1. The van der Waals surface area contributed by atoms with Gasteiger partial charge in [-0.25, -0.2) is 13.1 Å². The molecule has 1 heterocycles. The summed E-state index contributed by atoms with van der Waals surface area (Å²) in [6.45, 7) is 4.04. The van der Waals surface area contributed by atoms with Crippen molar-refractivity contribution in [3.63, 3.8) is 0 Å². The minimum atomic E-state index is -4.05. The van der Waals surface area contributed by atoms with Gasteiger partial charge in [-0.3, -0.25) is 0 Å². The SMILES string of the molecule is Cc1ccc(CN(C)S(=O)(=O)c2cc(-c3ccnn3-c3ccccc3C)c(O)cc2O)cc1. The molecule has 8 heteroatoms.